The Morgan fingerprint density at radius 3 is 2.34 bits per heavy atom. The van der Waals surface area contributed by atoms with Crippen LogP contribution in [-0.4, -0.2) is 58.1 Å². The van der Waals surface area contributed by atoms with Gasteiger partial charge < -0.3 is 9.64 Å². The highest BCUT2D eigenvalue weighted by atomic mass is 16.6. The number of ether oxygens (including phenoxy) is 1. The summed E-state index contributed by atoms with van der Waals surface area (Å²) < 4.78 is 6.54. The van der Waals surface area contributed by atoms with Crippen molar-refractivity contribution in [3.8, 4) is 5.69 Å². The number of carbonyl (C=O) groups is 1. The lowest BCUT2D eigenvalue weighted by Gasteiger charge is -2.36. The normalized spacial score (nSPS) is 14.0. The molecule has 0 radical (unpaired) electrons. The van der Waals surface area contributed by atoms with E-state index in [0.717, 1.165) is 26.2 Å². The molecule has 0 aliphatic carbocycles. The Kier molecular flexibility index (Phi) is 7.14. The molecule has 0 bridgehead atoms. The third kappa shape index (κ3) is 5.12. The van der Waals surface area contributed by atoms with Gasteiger partial charge in [-0.25, -0.2) is 9.78 Å². The molecule has 38 heavy (non-hydrogen) atoms. The van der Waals surface area contributed by atoms with Gasteiger partial charge in [0.2, 0.25) is 0 Å². The number of hydrogen-bond donors (Lipinski definition) is 0. The second kappa shape index (κ2) is 10.8. The zero-order valence-electron chi connectivity index (χ0n) is 20.9. The first-order valence-corrected chi connectivity index (χ1v) is 12.4. The number of nitro benzene ring substituents is 1. The van der Waals surface area contributed by atoms with Gasteiger partial charge in [-0.15, -0.1) is 0 Å². The van der Waals surface area contributed by atoms with E-state index < -0.39 is 16.5 Å². The number of aromatic nitrogens is 2. The van der Waals surface area contributed by atoms with Crippen molar-refractivity contribution in [1.82, 2.24) is 14.5 Å². The van der Waals surface area contributed by atoms with Crippen LogP contribution >= 0.6 is 0 Å². The fraction of sp³-hybridized carbons (Fsp3) is 0.250. The third-order valence-corrected chi connectivity index (χ3v) is 6.63. The predicted molar refractivity (Wildman–Crippen MR) is 144 cm³/mol. The summed E-state index contributed by atoms with van der Waals surface area (Å²) in [6.45, 7) is 5.65. The maximum absolute atomic E-state index is 13.7. The average Bonchev–Trinajstić information content (AvgIpc) is 2.94. The molecule has 1 fully saturated rings. The largest absolute Gasteiger partial charge is 0.462 e. The van der Waals surface area contributed by atoms with Crippen LogP contribution in [0.1, 0.15) is 23.1 Å². The number of rotatable bonds is 7. The maximum Gasteiger partial charge on any atom is 0.338 e. The summed E-state index contributed by atoms with van der Waals surface area (Å²) in [6.07, 6.45) is 0. The van der Waals surface area contributed by atoms with E-state index in [1.165, 1.54) is 28.5 Å². The number of piperazine rings is 1. The number of hydrogen-bond acceptors (Lipinski definition) is 8. The van der Waals surface area contributed by atoms with Gasteiger partial charge in [-0.05, 0) is 49.4 Å². The van der Waals surface area contributed by atoms with Crippen LogP contribution in [0.25, 0.3) is 16.6 Å². The molecule has 3 aromatic carbocycles. The molecule has 0 saturated carbocycles. The Morgan fingerprint density at radius 1 is 0.974 bits per heavy atom. The first-order chi connectivity index (χ1) is 18.4. The topological polar surface area (TPSA) is 111 Å². The zero-order valence-corrected chi connectivity index (χ0v) is 20.9. The van der Waals surface area contributed by atoms with E-state index in [4.69, 9.17) is 9.72 Å². The summed E-state index contributed by atoms with van der Waals surface area (Å²) in [5.41, 5.74) is 1.88. The Balaban J connectivity index is 1.50. The quantitative estimate of drug-likeness (QED) is 0.209. The number of esters is 1. The zero-order chi connectivity index (χ0) is 26.6. The van der Waals surface area contributed by atoms with E-state index in [1.807, 2.05) is 18.2 Å². The first-order valence-electron chi connectivity index (χ1n) is 12.4. The molecule has 0 spiro atoms. The SMILES string of the molecule is CCOC(=O)c1ccc(-n2c(CN3CCN(c4ccccc4)CC3)nc3ccc([N+](=O)[O-])cc3c2=O)cc1. The second-order valence-electron chi connectivity index (χ2n) is 8.99. The molecular weight excluding hydrogens is 486 g/mol. The van der Waals surface area contributed by atoms with Crippen molar-refractivity contribution in [1.29, 1.82) is 0 Å². The molecule has 0 amide bonds. The fourth-order valence-electron chi connectivity index (χ4n) is 4.67. The van der Waals surface area contributed by atoms with Crippen LogP contribution in [0.3, 0.4) is 0 Å². The molecule has 4 aromatic rings. The van der Waals surface area contributed by atoms with Gasteiger partial charge in [0.05, 0.1) is 40.2 Å². The van der Waals surface area contributed by atoms with E-state index in [-0.39, 0.29) is 17.7 Å². The Hall–Kier alpha value is -4.57. The Labute approximate surface area is 218 Å². The van der Waals surface area contributed by atoms with Crippen molar-refractivity contribution in [3.05, 3.63) is 105 Å². The minimum absolute atomic E-state index is 0.159. The number of benzene rings is 3. The minimum atomic E-state index is -0.530. The van der Waals surface area contributed by atoms with Crippen LogP contribution in [-0.2, 0) is 11.3 Å². The summed E-state index contributed by atoms with van der Waals surface area (Å²) >= 11 is 0. The highest BCUT2D eigenvalue weighted by Gasteiger charge is 2.22. The van der Waals surface area contributed by atoms with Crippen LogP contribution < -0.4 is 10.5 Å². The number of anilines is 1. The second-order valence-corrected chi connectivity index (χ2v) is 8.99. The van der Waals surface area contributed by atoms with E-state index >= 15 is 0 Å². The number of fused-ring (bicyclic) bond motifs is 1. The molecule has 1 aliphatic heterocycles. The van der Waals surface area contributed by atoms with E-state index in [9.17, 15) is 19.7 Å². The smallest absolute Gasteiger partial charge is 0.338 e. The molecule has 1 aliphatic rings. The van der Waals surface area contributed by atoms with Gasteiger partial charge in [-0.1, -0.05) is 18.2 Å². The van der Waals surface area contributed by atoms with Crippen molar-refractivity contribution < 1.29 is 14.5 Å². The number of para-hydroxylation sites is 1. The highest BCUT2D eigenvalue weighted by Crippen LogP contribution is 2.21. The lowest BCUT2D eigenvalue weighted by Crippen LogP contribution is -2.46. The molecule has 10 heteroatoms. The molecule has 0 atom stereocenters. The van der Waals surface area contributed by atoms with Crippen molar-refractivity contribution in [2.75, 3.05) is 37.7 Å². The van der Waals surface area contributed by atoms with E-state index in [0.29, 0.717) is 29.1 Å². The summed E-state index contributed by atoms with van der Waals surface area (Å²) in [6, 6.07) is 20.9. The molecule has 1 aromatic heterocycles. The Bertz CT molecular complexity index is 1530. The summed E-state index contributed by atoms with van der Waals surface area (Å²) in [7, 11) is 0. The lowest BCUT2D eigenvalue weighted by atomic mass is 10.1. The highest BCUT2D eigenvalue weighted by molar-refractivity contribution is 5.89. The van der Waals surface area contributed by atoms with Crippen molar-refractivity contribution in [3.63, 3.8) is 0 Å². The van der Waals surface area contributed by atoms with E-state index in [1.54, 1.807) is 31.2 Å². The predicted octanol–water partition coefficient (Wildman–Crippen LogP) is 3.79. The maximum atomic E-state index is 13.7. The van der Waals surface area contributed by atoms with Gasteiger partial charge in [0.1, 0.15) is 5.82 Å². The molecule has 194 valence electrons. The molecule has 2 heterocycles. The van der Waals surface area contributed by atoms with Crippen molar-refractivity contribution >= 4 is 28.2 Å². The van der Waals surface area contributed by atoms with Crippen LogP contribution in [0.15, 0.2) is 77.6 Å². The fourth-order valence-corrected chi connectivity index (χ4v) is 4.67. The van der Waals surface area contributed by atoms with Crippen LogP contribution in [0.4, 0.5) is 11.4 Å². The van der Waals surface area contributed by atoms with Crippen LogP contribution in [0, 0.1) is 10.1 Å². The Morgan fingerprint density at radius 2 is 1.68 bits per heavy atom. The third-order valence-electron chi connectivity index (χ3n) is 6.63. The van der Waals surface area contributed by atoms with Crippen LogP contribution in [0.5, 0.6) is 0 Å². The number of carbonyl (C=O) groups excluding carboxylic acids is 1. The summed E-state index contributed by atoms with van der Waals surface area (Å²) in [4.78, 5) is 46.0. The van der Waals surface area contributed by atoms with Crippen LogP contribution in [0.2, 0.25) is 0 Å². The molecule has 0 unspecified atom stereocenters. The number of nitrogens with zero attached hydrogens (tertiary/aromatic N) is 5. The first kappa shape index (κ1) is 25.1. The van der Waals surface area contributed by atoms with E-state index in [2.05, 4.69) is 21.9 Å². The molecule has 0 N–H and O–H groups in total. The van der Waals surface area contributed by atoms with Crippen molar-refractivity contribution in [2.45, 2.75) is 13.5 Å². The summed E-state index contributed by atoms with van der Waals surface area (Å²) in [5.74, 6) is 0.0727. The summed E-state index contributed by atoms with van der Waals surface area (Å²) in [5, 5.41) is 11.5. The van der Waals surface area contributed by atoms with Gasteiger partial charge in [0, 0.05) is 44.0 Å². The van der Waals surface area contributed by atoms with Gasteiger partial charge in [-0.2, -0.15) is 0 Å². The van der Waals surface area contributed by atoms with Crippen molar-refractivity contribution in [2.24, 2.45) is 0 Å². The standard InChI is InChI=1S/C28H27N5O5/c1-2-38-28(35)20-8-10-22(11-9-20)32-26(29-25-13-12-23(33(36)37)18-24(25)27(32)34)19-30-14-16-31(17-15-30)21-6-4-3-5-7-21/h3-13,18H,2,14-17,19H2,1H3. The number of non-ortho nitro benzene ring substituents is 1. The van der Waals surface area contributed by atoms with Gasteiger partial charge in [-0.3, -0.25) is 24.4 Å². The monoisotopic (exact) mass is 513 g/mol. The molecule has 5 rings (SSSR count). The van der Waals surface area contributed by atoms with Gasteiger partial charge in [0.25, 0.3) is 11.2 Å². The minimum Gasteiger partial charge on any atom is -0.462 e. The lowest BCUT2D eigenvalue weighted by molar-refractivity contribution is -0.384. The average molecular weight is 514 g/mol. The molecular formula is C28H27N5O5. The molecule has 1 saturated heterocycles. The number of nitro groups is 1. The van der Waals surface area contributed by atoms with Gasteiger partial charge in [0.15, 0.2) is 0 Å². The van der Waals surface area contributed by atoms with Gasteiger partial charge >= 0.3 is 5.97 Å². The molecule has 10 nitrogen and oxygen atoms in total.